The number of pyridine rings is 1. The molecule has 3 rings (SSSR count). The number of para-hydroxylation sites is 1. The van der Waals surface area contributed by atoms with Crippen LogP contribution in [0, 0.1) is 0 Å². The molecule has 106 valence electrons. The summed E-state index contributed by atoms with van der Waals surface area (Å²) in [6.45, 7) is 2.69. The first kappa shape index (κ1) is 13.3. The Morgan fingerprint density at radius 2 is 2.15 bits per heavy atom. The van der Waals surface area contributed by atoms with Crippen LogP contribution in [0.3, 0.4) is 0 Å². The van der Waals surface area contributed by atoms with Crippen LogP contribution in [-0.2, 0) is 6.54 Å². The Bertz CT molecular complexity index is 608. The summed E-state index contributed by atoms with van der Waals surface area (Å²) < 4.78 is 0. The maximum atomic E-state index is 5.93. The van der Waals surface area contributed by atoms with Gasteiger partial charge in [0.15, 0.2) is 0 Å². The zero-order valence-electron chi connectivity index (χ0n) is 12.2. The number of benzene rings is 1. The van der Waals surface area contributed by atoms with Crippen molar-refractivity contribution < 1.29 is 0 Å². The molecule has 1 fully saturated rings. The summed E-state index contributed by atoms with van der Waals surface area (Å²) in [5, 5.41) is 1.22. The molecule has 2 N–H and O–H groups in total. The van der Waals surface area contributed by atoms with Crippen LogP contribution in [-0.4, -0.2) is 43.1 Å². The Hall–Kier alpha value is -1.65. The number of hydrogen-bond acceptors (Lipinski definition) is 4. The molecule has 0 amide bonds. The van der Waals surface area contributed by atoms with Crippen LogP contribution in [0.4, 0.5) is 5.69 Å². The van der Waals surface area contributed by atoms with E-state index in [9.17, 15) is 0 Å². The minimum atomic E-state index is 0.538. The van der Waals surface area contributed by atoms with E-state index < -0.39 is 0 Å². The standard InChI is InChI=1S/C16H22N4/c1-19(2)13-7-8-20(11-13)16-12(9-17)10-18-15-6-4-3-5-14(15)16/h3-6,10,13H,7-9,11,17H2,1-2H3. The van der Waals surface area contributed by atoms with Gasteiger partial charge < -0.3 is 15.5 Å². The van der Waals surface area contributed by atoms with E-state index >= 15 is 0 Å². The fourth-order valence-corrected chi connectivity index (χ4v) is 3.06. The van der Waals surface area contributed by atoms with Crippen molar-refractivity contribution in [3.8, 4) is 0 Å². The van der Waals surface area contributed by atoms with Crippen molar-refractivity contribution in [2.75, 3.05) is 32.1 Å². The first-order valence-corrected chi connectivity index (χ1v) is 7.18. The van der Waals surface area contributed by atoms with E-state index in [0.717, 1.165) is 24.2 Å². The van der Waals surface area contributed by atoms with E-state index in [2.05, 4.69) is 47.1 Å². The third kappa shape index (κ3) is 2.25. The fraction of sp³-hybridized carbons (Fsp3) is 0.438. The maximum Gasteiger partial charge on any atom is 0.0723 e. The molecule has 1 saturated heterocycles. The molecule has 1 aliphatic heterocycles. The highest BCUT2D eigenvalue weighted by molar-refractivity contribution is 5.93. The zero-order valence-corrected chi connectivity index (χ0v) is 12.2. The van der Waals surface area contributed by atoms with Gasteiger partial charge in [-0.3, -0.25) is 4.98 Å². The fourth-order valence-electron chi connectivity index (χ4n) is 3.06. The van der Waals surface area contributed by atoms with Crippen LogP contribution in [0.2, 0.25) is 0 Å². The predicted octanol–water partition coefficient (Wildman–Crippen LogP) is 1.83. The van der Waals surface area contributed by atoms with Crippen molar-refractivity contribution in [1.82, 2.24) is 9.88 Å². The summed E-state index contributed by atoms with van der Waals surface area (Å²) in [4.78, 5) is 9.30. The van der Waals surface area contributed by atoms with Crippen molar-refractivity contribution in [2.24, 2.45) is 5.73 Å². The van der Waals surface area contributed by atoms with E-state index in [0.29, 0.717) is 12.6 Å². The van der Waals surface area contributed by atoms with Crippen molar-refractivity contribution in [1.29, 1.82) is 0 Å². The lowest BCUT2D eigenvalue weighted by atomic mass is 10.1. The van der Waals surface area contributed by atoms with Crippen molar-refractivity contribution in [2.45, 2.75) is 19.0 Å². The molecule has 4 heteroatoms. The Labute approximate surface area is 120 Å². The highest BCUT2D eigenvalue weighted by Gasteiger charge is 2.26. The second-order valence-electron chi connectivity index (χ2n) is 5.71. The van der Waals surface area contributed by atoms with E-state index in [1.165, 1.54) is 17.5 Å². The molecule has 2 aromatic rings. The number of fused-ring (bicyclic) bond motifs is 1. The van der Waals surface area contributed by atoms with Gasteiger partial charge >= 0.3 is 0 Å². The van der Waals surface area contributed by atoms with Gasteiger partial charge in [0.05, 0.1) is 11.2 Å². The van der Waals surface area contributed by atoms with Gasteiger partial charge in [0.1, 0.15) is 0 Å². The molecule has 2 heterocycles. The van der Waals surface area contributed by atoms with Crippen LogP contribution >= 0.6 is 0 Å². The maximum absolute atomic E-state index is 5.93. The second-order valence-corrected chi connectivity index (χ2v) is 5.71. The smallest absolute Gasteiger partial charge is 0.0723 e. The van der Waals surface area contributed by atoms with Crippen LogP contribution in [0.1, 0.15) is 12.0 Å². The van der Waals surface area contributed by atoms with Crippen LogP contribution in [0.5, 0.6) is 0 Å². The third-order valence-electron chi connectivity index (χ3n) is 4.25. The predicted molar refractivity (Wildman–Crippen MR) is 83.9 cm³/mol. The molecule has 0 aliphatic carbocycles. The largest absolute Gasteiger partial charge is 0.369 e. The monoisotopic (exact) mass is 270 g/mol. The summed E-state index contributed by atoms with van der Waals surface area (Å²) in [5.41, 5.74) is 9.40. The number of nitrogens with zero attached hydrogens (tertiary/aromatic N) is 3. The van der Waals surface area contributed by atoms with Crippen LogP contribution < -0.4 is 10.6 Å². The molecule has 0 bridgehead atoms. The Balaban J connectivity index is 2.05. The summed E-state index contributed by atoms with van der Waals surface area (Å²) in [5.74, 6) is 0. The van der Waals surface area contributed by atoms with Crippen LogP contribution in [0.25, 0.3) is 10.9 Å². The average Bonchev–Trinajstić information content (AvgIpc) is 2.95. The Morgan fingerprint density at radius 3 is 2.85 bits per heavy atom. The topological polar surface area (TPSA) is 45.4 Å². The molecule has 1 aromatic carbocycles. The molecule has 0 saturated carbocycles. The average molecular weight is 270 g/mol. The Kier molecular flexibility index (Phi) is 3.59. The lowest BCUT2D eigenvalue weighted by Gasteiger charge is -2.25. The lowest BCUT2D eigenvalue weighted by Crippen LogP contribution is -2.32. The van der Waals surface area contributed by atoms with Gasteiger partial charge in [-0.2, -0.15) is 0 Å². The summed E-state index contributed by atoms with van der Waals surface area (Å²) >= 11 is 0. The molecule has 1 aromatic heterocycles. The van der Waals surface area contributed by atoms with E-state index in [-0.39, 0.29) is 0 Å². The van der Waals surface area contributed by atoms with E-state index in [1.807, 2.05) is 12.3 Å². The summed E-state index contributed by atoms with van der Waals surface area (Å²) in [6, 6.07) is 8.95. The summed E-state index contributed by atoms with van der Waals surface area (Å²) in [6.07, 6.45) is 3.13. The van der Waals surface area contributed by atoms with Crippen molar-refractivity contribution in [3.05, 3.63) is 36.0 Å². The number of anilines is 1. The van der Waals surface area contributed by atoms with Gasteiger partial charge in [-0.1, -0.05) is 18.2 Å². The molecular formula is C16H22N4. The Morgan fingerprint density at radius 1 is 1.35 bits per heavy atom. The zero-order chi connectivity index (χ0) is 14.1. The number of rotatable bonds is 3. The van der Waals surface area contributed by atoms with Crippen molar-refractivity contribution >= 4 is 16.6 Å². The summed E-state index contributed by atoms with van der Waals surface area (Å²) in [7, 11) is 4.31. The number of likely N-dealkylation sites (N-methyl/N-ethyl adjacent to an activating group) is 1. The molecular weight excluding hydrogens is 248 g/mol. The molecule has 4 nitrogen and oxygen atoms in total. The number of aromatic nitrogens is 1. The molecule has 1 aliphatic rings. The highest BCUT2D eigenvalue weighted by Crippen LogP contribution is 2.32. The first-order valence-electron chi connectivity index (χ1n) is 7.18. The van der Waals surface area contributed by atoms with Gasteiger partial charge in [-0.05, 0) is 26.6 Å². The van der Waals surface area contributed by atoms with Crippen LogP contribution in [0.15, 0.2) is 30.5 Å². The van der Waals surface area contributed by atoms with Gasteiger partial charge in [0, 0.05) is 42.8 Å². The second kappa shape index (κ2) is 5.38. The molecule has 0 spiro atoms. The van der Waals surface area contributed by atoms with E-state index in [4.69, 9.17) is 5.73 Å². The normalized spacial score (nSPS) is 19.2. The molecule has 0 radical (unpaired) electrons. The lowest BCUT2D eigenvalue weighted by molar-refractivity contribution is 0.315. The molecule has 1 atom stereocenters. The first-order chi connectivity index (χ1) is 9.70. The highest BCUT2D eigenvalue weighted by atomic mass is 15.2. The number of hydrogen-bond donors (Lipinski definition) is 1. The SMILES string of the molecule is CN(C)C1CCN(c2c(CN)cnc3ccccc23)C1. The minimum absolute atomic E-state index is 0.538. The van der Waals surface area contributed by atoms with Gasteiger partial charge in [0.2, 0.25) is 0 Å². The number of nitrogens with two attached hydrogens (primary N) is 1. The van der Waals surface area contributed by atoms with Gasteiger partial charge in [0.25, 0.3) is 0 Å². The van der Waals surface area contributed by atoms with Gasteiger partial charge in [-0.25, -0.2) is 0 Å². The van der Waals surface area contributed by atoms with Crippen molar-refractivity contribution in [3.63, 3.8) is 0 Å². The van der Waals surface area contributed by atoms with E-state index in [1.54, 1.807) is 0 Å². The quantitative estimate of drug-likeness (QED) is 0.924. The molecule has 1 unspecified atom stereocenters. The minimum Gasteiger partial charge on any atom is -0.369 e. The van der Waals surface area contributed by atoms with Gasteiger partial charge in [-0.15, -0.1) is 0 Å². The third-order valence-corrected chi connectivity index (χ3v) is 4.25. The molecule has 20 heavy (non-hydrogen) atoms.